The molecule has 0 spiro atoms. The van der Waals surface area contributed by atoms with E-state index in [1.165, 1.54) is 8.61 Å². The molecule has 2 aliphatic rings. The van der Waals surface area contributed by atoms with Gasteiger partial charge in [0.2, 0.25) is 0 Å². The van der Waals surface area contributed by atoms with Crippen LogP contribution in [-0.4, -0.2) is 49.4 Å². The topological polar surface area (TPSA) is 86.8 Å². The van der Waals surface area contributed by atoms with Gasteiger partial charge in [0.25, 0.3) is 10.2 Å². The molecule has 3 heterocycles. The van der Waals surface area contributed by atoms with Crippen LogP contribution in [0.3, 0.4) is 0 Å². The van der Waals surface area contributed by atoms with Crippen molar-refractivity contribution in [3.8, 4) is 6.07 Å². The largest absolute Gasteiger partial charge is 0.465 e. The molecule has 0 N–H and O–H groups in total. The van der Waals surface area contributed by atoms with Gasteiger partial charge in [0.05, 0.1) is 25.3 Å². The van der Waals surface area contributed by atoms with Crippen molar-refractivity contribution in [3.05, 3.63) is 23.7 Å². The van der Waals surface area contributed by atoms with Gasteiger partial charge < -0.3 is 9.15 Å². The number of morpholine rings is 1. The SMILES string of the molecule is Cc1ccc([C@@H]2CCCN2S(=O)(=O)N2CCO[C@@H](C#N)C2)o1. The predicted octanol–water partition coefficient (Wildman–Crippen LogP) is 1.19. The lowest BCUT2D eigenvalue weighted by Gasteiger charge is -2.33. The van der Waals surface area contributed by atoms with Crippen LogP contribution in [0.1, 0.15) is 30.4 Å². The number of hydrogen-bond acceptors (Lipinski definition) is 5. The number of rotatable bonds is 3. The first-order chi connectivity index (χ1) is 10.5. The quantitative estimate of drug-likeness (QED) is 0.833. The standard InChI is InChI=1S/C14H19N3O4S/c1-11-4-5-14(21-11)13-3-2-6-17(13)22(18,19)16-7-8-20-12(9-15)10-16/h4-5,12-13H,2-3,6-8,10H2,1H3/t12-,13-/m0/s1. The smallest absolute Gasteiger partial charge is 0.282 e. The monoisotopic (exact) mass is 325 g/mol. The molecule has 0 aliphatic carbocycles. The molecule has 8 heteroatoms. The molecule has 0 aromatic carbocycles. The summed E-state index contributed by atoms with van der Waals surface area (Å²) >= 11 is 0. The van der Waals surface area contributed by atoms with E-state index in [9.17, 15) is 8.42 Å². The molecular weight excluding hydrogens is 306 g/mol. The van der Waals surface area contributed by atoms with Crippen LogP contribution in [0.2, 0.25) is 0 Å². The molecule has 0 saturated carbocycles. The predicted molar refractivity (Wildman–Crippen MR) is 78.0 cm³/mol. The van der Waals surface area contributed by atoms with Crippen molar-refractivity contribution >= 4 is 10.2 Å². The van der Waals surface area contributed by atoms with Crippen molar-refractivity contribution in [1.82, 2.24) is 8.61 Å². The molecule has 7 nitrogen and oxygen atoms in total. The van der Waals surface area contributed by atoms with E-state index in [0.29, 0.717) is 12.3 Å². The summed E-state index contributed by atoms with van der Waals surface area (Å²) in [6.07, 6.45) is 0.851. The lowest BCUT2D eigenvalue weighted by atomic mass is 10.2. The van der Waals surface area contributed by atoms with Crippen molar-refractivity contribution < 1.29 is 17.6 Å². The zero-order valence-electron chi connectivity index (χ0n) is 12.4. The molecule has 2 fully saturated rings. The molecule has 1 aromatic heterocycles. The zero-order valence-corrected chi connectivity index (χ0v) is 13.3. The van der Waals surface area contributed by atoms with Crippen molar-refractivity contribution in [2.45, 2.75) is 31.9 Å². The number of hydrogen-bond donors (Lipinski definition) is 0. The Hall–Kier alpha value is -1.40. The van der Waals surface area contributed by atoms with Gasteiger partial charge in [-0.3, -0.25) is 0 Å². The van der Waals surface area contributed by atoms with Crippen LogP contribution in [0.4, 0.5) is 0 Å². The fourth-order valence-electron chi connectivity index (χ4n) is 2.99. The first kappa shape index (κ1) is 15.5. The molecule has 120 valence electrons. The summed E-state index contributed by atoms with van der Waals surface area (Å²) in [5.74, 6) is 1.46. The van der Waals surface area contributed by atoms with Crippen LogP contribution < -0.4 is 0 Å². The van der Waals surface area contributed by atoms with E-state index < -0.39 is 16.3 Å². The van der Waals surface area contributed by atoms with E-state index in [1.807, 2.05) is 25.1 Å². The van der Waals surface area contributed by atoms with Crippen LogP contribution in [0.15, 0.2) is 16.5 Å². The minimum absolute atomic E-state index is 0.0826. The third kappa shape index (κ3) is 2.77. The number of furan rings is 1. The minimum Gasteiger partial charge on any atom is -0.465 e. The Balaban J connectivity index is 1.83. The lowest BCUT2D eigenvalue weighted by molar-refractivity contribution is 0.0286. The fourth-order valence-corrected chi connectivity index (χ4v) is 4.81. The van der Waals surface area contributed by atoms with Gasteiger partial charge in [0, 0.05) is 13.1 Å². The summed E-state index contributed by atoms with van der Waals surface area (Å²) < 4.78 is 39.5. The Labute approximate surface area is 130 Å². The van der Waals surface area contributed by atoms with Gasteiger partial charge in [0.15, 0.2) is 6.10 Å². The Morgan fingerprint density at radius 3 is 2.86 bits per heavy atom. The molecular formula is C14H19N3O4S. The molecule has 3 rings (SSSR count). The zero-order chi connectivity index (χ0) is 15.7. The highest BCUT2D eigenvalue weighted by Crippen LogP contribution is 2.36. The Kier molecular flexibility index (Phi) is 4.23. The van der Waals surface area contributed by atoms with Crippen molar-refractivity contribution in [2.24, 2.45) is 0 Å². The van der Waals surface area contributed by atoms with Crippen molar-refractivity contribution in [2.75, 3.05) is 26.2 Å². The summed E-state index contributed by atoms with van der Waals surface area (Å²) in [5.41, 5.74) is 0. The summed E-state index contributed by atoms with van der Waals surface area (Å²) in [6, 6.07) is 5.40. The minimum atomic E-state index is -3.62. The molecule has 0 bridgehead atoms. The average molecular weight is 325 g/mol. The van der Waals surface area contributed by atoms with Gasteiger partial charge in [-0.25, -0.2) is 0 Å². The highest BCUT2D eigenvalue weighted by molar-refractivity contribution is 7.86. The summed E-state index contributed by atoms with van der Waals surface area (Å²) in [7, 11) is -3.62. The van der Waals surface area contributed by atoms with Crippen LogP contribution in [-0.2, 0) is 14.9 Å². The van der Waals surface area contributed by atoms with Gasteiger partial charge in [-0.05, 0) is 31.9 Å². The maximum absolute atomic E-state index is 12.9. The van der Waals surface area contributed by atoms with E-state index >= 15 is 0 Å². The highest BCUT2D eigenvalue weighted by Gasteiger charge is 2.41. The first-order valence-electron chi connectivity index (χ1n) is 7.37. The third-order valence-electron chi connectivity index (χ3n) is 4.09. The Bertz CT molecular complexity index is 679. The molecule has 2 saturated heterocycles. The van der Waals surface area contributed by atoms with Crippen LogP contribution in [0.5, 0.6) is 0 Å². The molecule has 0 amide bonds. The van der Waals surface area contributed by atoms with Gasteiger partial charge in [0.1, 0.15) is 11.5 Å². The maximum atomic E-state index is 12.9. The molecule has 2 aliphatic heterocycles. The van der Waals surface area contributed by atoms with Gasteiger partial charge in [-0.15, -0.1) is 0 Å². The third-order valence-corrected chi connectivity index (χ3v) is 6.10. The van der Waals surface area contributed by atoms with Crippen molar-refractivity contribution in [1.29, 1.82) is 5.26 Å². The van der Waals surface area contributed by atoms with Gasteiger partial charge >= 0.3 is 0 Å². The molecule has 1 aromatic rings. The maximum Gasteiger partial charge on any atom is 0.282 e. The van der Waals surface area contributed by atoms with Crippen LogP contribution in [0, 0.1) is 18.3 Å². The first-order valence-corrected chi connectivity index (χ1v) is 8.76. The van der Waals surface area contributed by atoms with Crippen LogP contribution >= 0.6 is 0 Å². The molecule has 0 radical (unpaired) electrons. The molecule has 2 atom stereocenters. The summed E-state index contributed by atoms with van der Waals surface area (Å²) in [6.45, 7) is 2.92. The second kappa shape index (κ2) is 6.01. The van der Waals surface area contributed by atoms with E-state index in [-0.39, 0.29) is 25.7 Å². The van der Waals surface area contributed by atoms with E-state index in [1.54, 1.807) is 0 Å². The Morgan fingerprint density at radius 1 is 1.36 bits per heavy atom. The van der Waals surface area contributed by atoms with Gasteiger partial charge in [-0.2, -0.15) is 22.3 Å². The van der Waals surface area contributed by atoms with Gasteiger partial charge in [-0.1, -0.05) is 0 Å². The number of aryl methyl sites for hydroxylation is 1. The fraction of sp³-hybridized carbons (Fsp3) is 0.643. The molecule has 0 unspecified atom stereocenters. The number of ether oxygens (including phenoxy) is 1. The second-order valence-corrected chi connectivity index (χ2v) is 7.45. The van der Waals surface area contributed by atoms with E-state index in [4.69, 9.17) is 14.4 Å². The highest BCUT2D eigenvalue weighted by atomic mass is 32.2. The van der Waals surface area contributed by atoms with E-state index in [2.05, 4.69) is 0 Å². The second-order valence-electron chi connectivity index (χ2n) is 5.57. The normalized spacial score (nSPS) is 27.8. The number of nitriles is 1. The van der Waals surface area contributed by atoms with Crippen molar-refractivity contribution in [3.63, 3.8) is 0 Å². The summed E-state index contributed by atoms with van der Waals surface area (Å²) in [5, 5.41) is 8.95. The van der Waals surface area contributed by atoms with Crippen LogP contribution in [0.25, 0.3) is 0 Å². The van der Waals surface area contributed by atoms with E-state index in [0.717, 1.165) is 18.6 Å². The Morgan fingerprint density at radius 2 is 2.18 bits per heavy atom. The molecule has 22 heavy (non-hydrogen) atoms. The lowest BCUT2D eigenvalue weighted by Crippen LogP contribution is -2.50. The average Bonchev–Trinajstić information content (AvgIpc) is 3.16. The summed E-state index contributed by atoms with van der Waals surface area (Å²) in [4.78, 5) is 0. The number of nitrogens with zero attached hydrogens (tertiary/aromatic N) is 3.